The summed E-state index contributed by atoms with van der Waals surface area (Å²) < 4.78 is 0. The molecule has 0 aromatic carbocycles. The molecule has 1 aromatic rings. The Morgan fingerprint density at radius 2 is 2.19 bits per heavy atom. The number of rotatable bonds is 5. The van der Waals surface area contributed by atoms with Gasteiger partial charge in [0.05, 0.1) is 6.04 Å². The van der Waals surface area contributed by atoms with Crippen molar-refractivity contribution in [3.8, 4) is 0 Å². The minimum Gasteiger partial charge on any atom is -0.353 e. The summed E-state index contributed by atoms with van der Waals surface area (Å²) in [6.45, 7) is 6.41. The molecule has 0 fully saturated rings. The van der Waals surface area contributed by atoms with Crippen molar-refractivity contribution in [2.75, 3.05) is 0 Å². The van der Waals surface area contributed by atoms with Crippen molar-refractivity contribution in [3.63, 3.8) is 0 Å². The van der Waals surface area contributed by atoms with Gasteiger partial charge in [0.15, 0.2) is 0 Å². The second kappa shape index (κ2) is 6.23. The molecule has 88 valence electrons. The minimum atomic E-state index is -0.192. The Kier molecular flexibility index (Phi) is 4.92. The summed E-state index contributed by atoms with van der Waals surface area (Å²) in [7, 11) is 0. The number of carbonyl (C=O) groups is 1. The van der Waals surface area contributed by atoms with E-state index in [-0.39, 0.29) is 18.0 Å². The molecule has 1 atom stereocenters. The fourth-order valence-corrected chi connectivity index (χ4v) is 1.28. The van der Waals surface area contributed by atoms with Crippen LogP contribution in [0.4, 0.5) is 0 Å². The normalized spacial score (nSPS) is 12.5. The molecular formula is C12H19N3O. The Hall–Kier alpha value is -1.42. The van der Waals surface area contributed by atoms with Crippen molar-refractivity contribution in [2.45, 2.75) is 39.4 Å². The summed E-state index contributed by atoms with van der Waals surface area (Å²) >= 11 is 0. The molecule has 0 aliphatic carbocycles. The third-order valence-corrected chi connectivity index (χ3v) is 2.16. The number of pyridine rings is 1. The van der Waals surface area contributed by atoms with Crippen LogP contribution in [-0.2, 0) is 11.3 Å². The van der Waals surface area contributed by atoms with Crippen LogP contribution in [0.25, 0.3) is 0 Å². The zero-order valence-electron chi connectivity index (χ0n) is 10.0. The van der Waals surface area contributed by atoms with E-state index < -0.39 is 0 Å². The zero-order chi connectivity index (χ0) is 12.0. The lowest BCUT2D eigenvalue weighted by molar-refractivity contribution is -0.123. The van der Waals surface area contributed by atoms with E-state index in [2.05, 4.69) is 15.6 Å². The van der Waals surface area contributed by atoms with E-state index in [0.717, 1.165) is 5.56 Å². The van der Waals surface area contributed by atoms with Crippen LogP contribution >= 0.6 is 0 Å². The maximum Gasteiger partial charge on any atom is 0.237 e. The molecule has 0 spiro atoms. The molecule has 1 rings (SSSR count). The lowest BCUT2D eigenvalue weighted by Gasteiger charge is -2.15. The number of carbonyl (C=O) groups excluding carboxylic acids is 1. The van der Waals surface area contributed by atoms with Gasteiger partial charge in [-0.25, -0.2) is 0 Å². The topological polar surface area (TPSA) is 54.0 Å². The molecule has 1 heterocycles. The van der Waals surface area contributed by atoms with E-state index in [0.29, 0.717) is 6.54 Å². The second-order valence-corrected chi connectivity index (χ2v) is 4.13. The molecule has 16 heavy (non-hydrogen) atoms. The summed E-state index contributed by atoms with van der Waals surface area (Å²) in [5.41, 5.74) is 1.08. The van der Waals surface area contributed by atoms with E-state index in [9.17, 15) is 4.79 Å². The van der Waals surface area contributed by atoms with Crippen molar-refractivity contribution in [1.29, 1.82) is 0 Å². The third-order valence-electron chi connectivity index (χ3n) is 2.16. The third kappa shape index (κ3) is 4.40. The first-order valence-corrected chi connectivity index (χ1v) is 5.52. The molecule has 1 unspecified atom stereocenters. The van der Waals surface area contributed by atoms with E-state index in [4.69, 9.17) is 0 Å². The van der Waals surface area contributed by atoms with Crippen LogP contribution in [-0.4, -0.2) is 23.0 Å². The van der Waals surface area contributed by atoms with E-state index >= 15 is 0 Å². The van der Waals surface area contributed by atoms with Gasteiger partial charge in [-0.15, -0.1) is 0 Å². The SMILES string of the molecule is CC(C)NC(=O)C(C)NCc1cccnc1. The van der Waals surface area contributed by atoms with Gasteiger partial charge in [0.1, 0.15) is 0 Å². The highest BCUT2D eigenvalue weighted by Gasteiger charge is 2.12. The van der Waals surface area contributed by atoms with Gasteiger partial charge in [0.2, 0.25) is 5.91 Å². The van der Waals surface area contributed by atoms with Crippen LogP contribution in [0.1, 0.15) is 26.3 Å². The van der Waals surface area contributed by atoms with Crippen LogP contribution in [0, 0.1) is 0 Å². The molecule has 0 saturated heterocycles. The highest BCUT2D eigenvalue weighted by atomic mass is 16.2. The molecule has 0 saturated carbocycles. The van der Waals surface area contributed by atoms with Crippen LogP contribution in [0.5, 0.6) is 0 Å². The maximum atomic E-state index is 11.6. The standard InChI is InChI=1S/C12H19N3O/c1-9(2)15-12(16)10(3)14-8-11-5-4-6-13-7-11/h4-7,9-10,14H,8H2,1-3H3,(H,15,16). The molecule has 0 radical (unpaired) electrons. The molecule has 0 aliphatic heterocycles. The Morgan fingerprint density at radius 3 is 2.75 bits per heavy atom. The van der Waals surface area contributed by atoms with Crippen LogP contribution in [0.3, 0.4) is 0 Å². The van der Waals surface area contributed by atoms with Crippen molar-refractivity contribution in [3.05, 3.63) is 30.1 Å². The van der Waals surface area contributed by atoms with Gasteiger partial charge in [-0.1, -0.05) is 6.07 Å². The monoisotopic (exact) mass is 221 g/mol. The van der Waals surface area contributed by atoms with Gasteiger partial charge in [-0.3, -0.25) is 9.78 Å². The van der Waals surface area contributed by atoms with E-state index in [1.165, 1.54) is 0 Å². The van der Waals surface area contributed by atoms with Crippen molar-refractivity contribution >= 4 is 5.91 Å². The lowest BCUT2D eigenvalue weighted by atomic mass is 10.2. The van der Waals surface area contributed by atoms with Gasteiger partial charge < -0.3 is 10.6 Å². The first kappa shape index (κ1) is 12.6. The molecule has 0 aliphatic rings. The Morgan fingerprint density at radius 1 is 1.44 bits per heavy atom. The fourth-order valence-electron chi connectivity index (χ4n) is 1.28. The Balaban J connectivity index is 2.35. The van der Waals surface area contributed by atoms with Gasteiger partial charge in [0.25, 0.3) is 0 Å². The molecule has 4 heteroatoms. The lowest BCUT2D eigenvalue weighted by Crippen LogP contribution is -2.44. The summed E-state index contributed by atoms with van der Waals surface area (Å²) in [6, 6.07) is 3.85. The first-order chi connectivity index (χ1) is 7.59. The van der Waals surface area contributed by atoms with Crippen molar-refractivity contribution in [2.24, 2.45) is 0 Å². The van der Waals surface area contributed by atoms with Crippen LogP contribution in [0.15, 0.2) is 24.5 Å². The Bertz CT molecular complexity index is 324. The van der Waals surface area contributed by atoms with Crippen LogP contribution < -0.4 is 10.6 Å². The molecule has 1 amide bonds. The Labute approximate surface area is 96.5 Å². The van der Waals surface area contributed by atoms with Crippen molar-refractivity contribution < 1.29 is 4.79 Å². The largest absolute Gasteiger partial charge is 0.353 e. The molecular weight excluding hydrogens is 202 g/mol. The van der Waals surface area contributed by atoms with E-state index in [1.807, 2.05) is 32.9 Å². The highest BCUT2D eigenvalue weighted by Crippen LogP contribution is 1.96. The van der Waals surface area contributed by atoms with Crippen LogP contribution in [0.2, 0.25) is 0 Å². The smallest absolute Gasteiger partial charge is 0.237 e. The number of nitrogens with zero attached hydrogens (tertiary/aromatic N) is 1. The minimum absolute atomic E-state index is 0.0268. The summed E-state index contributed by atoms with van der Waals surface area (Å²) in [6.07, 6.45) is 3.53. The van der Waals surface area contributed by atoms with Gasteiger partial charge in [-0.05, 0) is 32.4 Å². The zero-order valence-corrected chi connectivity index (χ0v) is 10.0. The fraction of sp³-hybridized carbons (Fsp3) is 0.500. The quantitative estimate of drug-likeness (QED) is 0.782. The average Bonchev–Trinajstić information content (AvgIpc) is 2.26. The summed E-state index contributed by atoms with van der Waals surface area (Å²) in [5.74, 6) is 0.0268. The molecule has 2 N–H and O–H groups in total. The second-order valence-electron chi connectivity index (χ2n) is 4.13. The van der Waals surface area contributed by atoms with Crippen molar-refractivity contribution in [1.82, 2.24) is 15.6 Å². The van der Waals surface area contributed by atoms with Gasteiger partial charge in [-0.2, -0.15) is 0 Å². The molecule has 1 aromatic heterocycles. The van der Waals surface area contributed by atoms with Gasteiger partial charge in [0, 0.05) is 25.0 Å². The predicted octanol–water partition coefficient (Wildman–Crippen LogP) is 1.08. The number of hydrogen-bond donors (Lipinski definition) is 2. The number of amides is 1. The van der Waals surface area contributed by atoms with Gasteiger partial charge >= 0.3 is 0 Å². The number of nitrogens with one attached hydrogen (secondary N) is 2. The molecule has 4 nitrogen and oxygen atoms in total. The number of hydrogen-bond acceptors (Lipinski definition) is 3. The summed E-state index contributed by atoms with van der Waals surface area (Å²) in [5, 5.41) is 6.01. The predicted molar refractivity (Wildman–Crippen MR) is 63.8 cm³/mol. The van der Waals surface area contributed by atoms with E-state index in [1.54, 1.807) is 12.4 Å². The highest BCUT2D eigenvalue weighted by molar-refractivity contribution is 5.81. The maximum absolute atomic E-state index is 11.6. The molecule has 0 bridgehead atoms. The first-order valence-electron chi connectivity index (χ1n) is 5.52. The summed E-state index contributed by atoms with van der Waals surface area (Å²) in [4.78, 5) is 15.6. The average molecular weight is 221 g/mol. The number of aromatic nitrogens is 1.